The zero-order valence-corrected chi connectivity index (χ0v) is 14.5. The second-order valence-corrected chi connectivity index (χ2v) is 5.81. The molecule has 0 saturated carbocycles. The van der Waals surface area contributed by atoms with Crippen LogP contribution >= 0.6 is 22.6 Å². The van der Waals surface area contributed by atoms with Crippen LogP contribution < -0.4 is 10.3 Å². The number of pyridine rings is 1. The van der Waals surface area contributed by atoms with E-state index in [-0.39, 0.29) is 12.4 Å². The lowest BCUT2D eigenvalue weighted by Gasteiger charge is -2.15. The van der Waals surface area contributed by atoms with Crippen LogP contribution in [-0.2, 0) is 11.3 Å². The smallest absolute Gasteiger partial charge is 0.264 e. The lowest BCUT2D eigenvalue weighted by Crippen LogP contribution is -2.23. The van der Waals surface area contributed by atoms with Crippen molar-refractivity contribution in [3.05, 3.63) is 49.8 Å². The summed E-state index contributed by atoms with van der Waals surface area (Å²) in [6.45, 7) is 4.86. The van der Waals surface area contributed by atoms with Crippen LogP contribution in [0.1, 0.15) is 12.5 Å². The van der Waals surface area contributed by atoms with Crippen molar-refractivity contribution in [1.82, 2.24) is 4.57 Å². The van der Waals surface area contributed by atoms with Gasteiger partial charge in [-0.05, 0) is 72.3 Å². The standard InChI is InChI=1S/C16H18INO3/c1-4-18-15(8-7-14(17)16(18)19)13-6-5-12(9-11(13)2)21-10-20-3/h5-9H,4,10H2,1-3H3. The molecule has 112 valence electrons. The van der Waals surface area contributed by atoms with E-state index in [1.807, 2.05) is 44.2 Å². The fourth-order valence-electron chi connectivity index (χ4n) is 2.24. The van der Waals surface area contributed by atoms with Crippen LogP contribution in [0.5, 0.6) is 5.75 Å². The summed E-state index contributed by atoms with van der Waals surface area (Å²) in [5.74, 6) is 0.758. The third-order valence-electron chi connectivity index (χ3n) is 3.26. The monoisotopic (exact) mass is 399 g/mol. The van der Waals surface area contributed by atoms with Crippen molar-refractivity contribution < 1.29 is 9.47 Å². The molecule has 0 atom stereocenters. The summed E-state index contributed by atoms with van der Waals surface area (Å²) in [5, 5.41) is 0. The number of aryl methyl sites for hydroxylation is 1. The summed E-state index contributed by atoms with van der Waals surface area (Å²) < 4.78 is 12.9. The maximum Gasteiger partial charge on any atom is 0.264 e. The number of methoxy groups -OCH3 is 1. The quantitative estimate of drug-likeness (QED) is 0.572. The first-order valence-electron chi connectivity index (χ1n) is 6.70. The van der Waals surface area contributed by atoms with Crippen LogP contribution in [0.4, 0.5) is 0 Å². The molecule has 0 N–H and O–H groups in total. The Kier molecular flexibility index (Phi) is 5.41. The SMILES string of the molecule is CCn1c(-c2ccc(OCOC)cc2C)ccc(I)c1=O. The van der Waals surface area contributed by atoms with E-state index in [1.54, 1.807) is 11.7 Å². The van der Waals surface area contributed by atoms with Gasteiger partial charge in [0.2, 0.25) is 0 Å². The first-order valence-corrected chi connectivity index (χ1v) is 7.78. The number of hydrogen-bond donors (Lipinski definition) is 0. The van der Waals surface area contributed by atoms with Gasteiger partial charge in [-0.15, -0.1) is 0 Å². The number of rotatable bonds is 5. The third kappa shape index (κ3) is 3.47. The van der Waals surface area contributed by atoms with Crippen LogP contribution in [0.25, 0.3) is 11.3 Å². The Labute approximate surface area is 137 Å². The van der Waals surface area contributed by atoms with Gasteiger partial charge < -0.3 is 14.0 Å². The lowest BCUT2D eigenvalue weighted by atomic mass is 10.0. The van der Waals surface area contributed by atoms with Crippen molar-refractivity contribution in [3.63, 3.8) is 0 Å². The minimum atomic E-state index is 0.0507. The van der Waals surface area contributed by atoms with Crippen molar-refractivity contribution in [3.8, 4) is 17.0 Å². The van der Waals surface area contributed by atoms with Crippen LogP contribution in [0.15, 0.2) is 35.1 Å². The molecule has 0 saturated heterocycles. The Hall–Kier alpha value is -1.34. The third-order valence-corrected chi connectivity index (χ3v) is 4.08. The zero-order chi connectivity index (χ0) is 15.4. The van der Waals surface area contributed by atoms with Gasteiger partial charge in [0.15, 0.2) is 6.79 Å². The van der Waals surface area contributed by atoms with E-state index < -0.39 is 0 Å². The second-order valence-electron chi connectivity index (χ2n) is 4.64. The predicted octanol–water partition coefficient (Wildman–Crippen LogP) is 3.43. The van der Waals surface area contributed by atoms with E-state index in [1.165, 1.54) is 0 Å². The molecule has 0 aliphatic carbocycles. The van der Waals surface area contributed by atoms with Gasteiger partial charge in [0, 0.05) is 19.2 Å². The Morgan fingerprint density at radius 1 is 1.24 bits per heavy atom. The molecule has 0 bridgehead atoms. The number of nitrogens with zero attached hydrogens (tertiary/aromatic N) is 1. The largest absolute Gasteiger partial charge is 0.468 e. The van der Waals surface area contributed by atoms with Crippen molar-refractivity contribution >= 4 is 22.6 Å². The maximum atomic E-state index is 12.2. The molecule has 0 spiro atoms. The van der Waals surface area contributed by atoms with E-state index >= 15 is 0 Å². The molecule has 1 heterocycles. The molecule has 0 aliphatic heterocycles. The van der Waals surface area contributed by atoms with E-state index in [2.05, 4.69) is 22.6 Å². The Morgan fingerprint density at radius 3 is 2.62 bits per heavy atom. The highest BCUT2D eigenvalue weighted by Crippen LogP contribution is 2.26. The average Bonchev–Trinajstić information content (AvgIpc) is 2.48. The molecule has 1 aromatic carbocycles. The Balaban J connectivity index is 2.48. The van der Waals surface area contributed by atoms with Crippen molar-refractivity contribution in [1.29, 1.82) is 0 Å². The van der Waals surface area contributed by atoms with Gasteiger partial charge in [0.25, 0.3) is 5.56 Å². The Morgan fingerprint density at radius 2 is 2.00 bits per heavy atom. The highest BCUT2D eigenvalue weighted by atomic mass is 127. The van der Waals surface area contributed by atoms with Crippen LogP contribution in [0, 0.1) is 10.5 Å². The fraction of sp³-hybridized carbons (Fsp3) is 0.312. The summed E-state index contributed by atoms with van der Waals surface area (Å²) in [6, 6.07) is 9.68. The first kappa shape index (κ1) is 16.0. The molecule has 5 heteroatoms. The summed E-state index contributed by atoms with van der Waals surface area (Å²) in [5.41, 5.74) is 3.08. The van der Waals surface area contributed by atoms with Crippen molar-refractivity contribution in [2.75, 3.05) is 13.9 Å². The number of hydrogen-bond acceptors (Lipinski definition) is 3. The van der Waals surface area contributed by atoms with Gasteiger partial charge in [-0.1, -0.05) is 0 Å². The molecular weight excluding hydrogens is 381 g/mol. The number of aromatic nitrogens is 1. The number of halogens is 1. The van der Waals surface area contributed by atoms with Gasteiger partial charge in [-0.2, -0.15) is 0 Å². The Bertz CT molecular complexity index is 694. The van der Waals surface area contributed by atoms with Crippen LogP contribution in [0.2, 0.25) is 0 Å². The maximum absolute atomic E-state index is 12.2. The molecular formula is C16H18INO3. The summed E-state index contributed by atoms with van der Waals surface area (Å²) >= 11 is 2.07. The van der Waals surface area contributed by atoms with E-state index in [0.29, 0.717) is 6.54 Å². The van der Waals surface area contributed by atoms with Gasteiger partial charge in [0.05, 0.1) is 9.26 Å². The fourth-order valence-corrected chi connectivity index (χ4v) is 2.71. The first-order chi connectivity index (χ1) is 10.1. The summed E-state index contributed by atoms with van der Waals surface area (Å²) in [6.07, 6.45) is 0. The second kappa shape index (κ2) is 7.09. The van der Waals surface area contributed by atoms with Gasteiger partial charge in [-0.25, -0.2) is 0 Å². The highest BCUT2D eigenvalue weighted by Gasteiger charge is 2.10. The summed E-state index contributed by atoms with van der Waals surface area (Å²) in [4.78, 5) is 12.2. The van der Waals surface area contributed by atoms with E-state index in [9.17, 15) is 4.79 Å². The molecule has 0 unspecified atom stereocenters. The summed E-state index contributed by atoms with van der Waals surface area (Å²) in [7, 11) is 1.59. The minimum Gasteiger partial charge on any atom is -0.468 e. The molecule has 0 aliphatic rings. The van der Waals surface area contributed by atoms with Crippen LogP contribution in [0.3, 0.4) is 0 Å². The zero-order valence-electron chi connectivity index (χ0n) is 12.4. The lowest BCUT2D eigenvalue weighted by molar-refractivity contribution is 0.0511. The molecule has 0 radical (unpaired) electrons. The topological polar surface area (TPSA) is 40.5 Å². The normalized spacial score (nSPS) is 10.7. The van der Waals surface area contributed by atoms with Gasteiger partial charge >= 0.3 is 0 Å². The van der Waals surface area contributed by atoms with Crippen LogP contribution in [-0.4, -0.2) is 18.5 Å². The van der Waals surface area contributed by atoms with Crippen molar-refractivity contribution in [2.24, 2.45) is 0 Å². The molecule has 21 heavy (non-hydrogen) atoms. The molecule has 2 rings (SSSR count). The molecule has 1 aromatic heterocycles. The number of benzene rings is 1. The number of ether oxygens (including phenoxy) is 2. The highest BCUT2D eigenvalue weighted by molar-refractivity contribution is 14.1. The molecule has 2 aromatic rings. The average molecular weight is 399 g/mol. The molecule has 0 fully saturated rings. The van der Waals surface area contributed by atoms with Gasteiger partial charge in [0.1, 0.15) is 5.75 Å². The van der Waals surface area contributed by atoms with Gasteiger partial charge in [-0.3, -0.25) is 4.79 Å². The molecule has 0 amide bonds. The predicted molar refractivity (Wildman–Crippen MR) is 91.8 cm³/mol. The minimum absolute atomic E-state index is 0.0507. The van der Waals surface area contributed by atoms with E-state index in [4.69, 9.17) is 9.47 Å². The van der Waals surface area contributed by atoms with Crippen molar-refractivity contribution in [2.45, 2.75) is 20.4 Å². The van der Waals surface area contributed by atoms with E-state index in [0.717, 1.165) is 26.1 Å². The molecule has 4 nitrogen and oxygen atoms in total.